The Balaban J connectivity index is 1.47. The summed E-state index contributed by atoms with van der Waals surface area (Å²) in [5, 5.41) is 0.684. The number of hydrogen-bond acceptors (Lipinski definition) is 6. The van der Waals surface area contributed by atoms with Crippen LogP contribution in [0.25, 0.3) is 11.0 Å². The van der Waals surface area contributed by atoms with E-state index in [4.69, 9.17) is 4.74 Å². The molecule has 1 saturated carbocycles. The van der Waals surface area contributed by atoms with E-state index in [-0.39, 0.29) is 35.2 Å². The maximum absolute atomic E-state index is 13.2. The molecule has 1 aliphatic carbocycles. The van der Waals surface area contributed by atoms with Crippen LogP contribution in [-0.2, 0) is 14.6 Å². The fourth-order valence-electron chi connectivity index (χ4n) is 4.42. The Morgan fingerprint density at radius 3 is 2.72 bits per heavy atom. The second kappa shape index (κ2) is 8.55. The zero-order valence-electron chi connectivity index (χ0n) is 16.6. The van der Waals surface area contributed by atoms with Crippen molar-refractivity contribution in [3.63, 3.8) is 0 Å². The van der Waals surface area contributed by atoms with Gasteiger partial charge in [-0.05, 0) is 31.4 Å². The summed E-state index contributed by atoms with van der Waals surface area (Å²) in [6.07, 6.45) is 5.89. The summed E-state index contributed by atoms with van der Waals surface area (Å²) in [6, 6.07) is 5.60. The van der Waals surface area contributed by atoms with Crippen LogP contribution in [0.1, 0.15) is 38.5 Å². The minimum Gasteiger partial charge on any atom is -0.497 e. The van der Waals surface area contributed by atoms with Gasteiger partial charge in [-0.25, -0.2) is 13.4 Å². The van der Waals surface area contributed by atoms with E-state index in [9.17, 15) is 13.2 Å². The van der Waals surface area contributed by atoms with Crippen molar-refractivity contribution >= 4 is 38.5 Å². The third-order valence-corrected chi connectivity index (χ3v) is 8.47. The Hall–Kier alpha value is -1.74. The Labute approximate surface area is 175 Å². The Morgan fingerprint density at radius 2 is 2.03 bits per heavy atom. The van der Waals surface area contributed by atoms with E-state index in [2.05, 4.69) is 9.97 Å². The zero-order valence-corrected chi connectivity index (χ0v) is 18.2. The highest BCUT2D eigenvalue weighted by Gasteiger charge is 2.38. The number of sulfone groups is 1. The lowest BCUT2D eigenvalue weighted by Gasteiger charge is -2.38. The van der Waals surface area contributed by atoms with E-state index in [0.717, 1.165) is 42.5 Å². The van der Waals surface area contributed by atoms with Crippen LogP contribution in [0, 0.1) is 0 Å². The standard InChI is InChI=1S/C20H27N3O4S2/c1-27-16-7-8-17-18(11-16)22-20(21-17)28-12-19(24)23(14-5-3-2-4-6-14)15-9-10-29(25,26)13-15/h7-8,11,14-15H,2-6,9-10,12-13H2,1H3,(H,21,22)/t15-/m1/s1. The molecule has 1 N–H and O–H groups in total. The van der Waals surface area contributed by atoms with Crippen LogP contribution in [-0.4, -0.2) is 65.6 Å². The fraction of sp³-hybridized carbons (Fsp3) is 0.600. The van der Waals surface area contributed by atoms with Crippen LogP contribution >= 0.6 is 11.8 Å². The zero-order chi connectivity index (χ0) is 20.4. The lowest BCUT2D eigenvalue weighted by molar-refractivity contribution is -0.133. The average molecular weight is 438 g/mol. The van der Waals surface area contributed by atoms with Gasteiger partial charge in [-0.15, -0.1) is 0 Å². The third kappa shape index (κ3) is 4.71. The molecule has 0 spiro atoms. The van der Waals surface area contributed by atoms with Gasteiger partial charge in [0.15, 0.2) is 15.0 Å². The number of aromatic amines is 1. The predicted octanol–water partition coefficient (Wildman–Crippen LogP) is 3.01. The first kappa shape index (κ1) is 20.5. The molecular weight excluding hydrogens is 410 g/mol. The fourth-order valence-corrected chi connectivity index (χ4v) is 6.89. The van der Waals surface area contributed by atoms with E-state index in [0.29, 0.717) is 11.6 Å². The van der Waals surface area contributed by atoms with Gasteiger partial charge in [-0.2, -0.15) is 0 Å². The number of nitrogens with one attached hydrogen (secondary N) is 1. The SMILES string of the molecule is COc1ccc2nc(SCC(=O)N(C3CCCCC3)[C@@H]3CCS(=O)(=O)C3)[nH]c2c1. The summed E-state index contributed by atoms with van der Waals surface area (Å²) in [4.78, 5) is 22.9. The van der Waals surface area contributed by atoms with Crippen molar-refractivity contribution in [1.29, 1.82) is 0 Å². The summed E-state index contributed by atoms with van der Waals surface area (Å²) < 4.78 is 29.3. The molecule has 1 amide bonds. The number of thioether (sulfide) groups is 1. The molecule has 1 aliphatic heterocycles. The van der Waals surface area contributed by atoms with Crippen LogP contribution < -0.4 is 4.74 Å². The molecule has 9 heteroatoms. The first-order chi connectivity index (χ1) is 13.9. The molecule has 1 aromatic carbocycles. The molecule has 2 aromatic rings. The number of carbonyl (C=O) groups is 1. The lowest BCUT2D eigenvalue weighted by atomic mass is 9.93. The molecule has 2 aliphatic rings. The number of ether oxygens (including phenoxy) is 1. The van der Waals surface area contributed by atoms with Crippen LogP contribution in [0.4, 0.5) is 0 Å². The van der Waals surface area contributed by atoms with E-state index in [1.54, 1.807) is 7.11 Å². The number of rotatable bonds is 6. The van der Waals surface area contributed by atoms with Gasteiger partial charge in [0, 0.05) is 18.2 Å². The van der Waals surface area contributed by atoms with Crippen LogP contribution in [0.15, 0.2) is 23.4 Å². The molecule has 29 heavy (non-hydrogen) atoms. The number of carbonyl (C=O) groups excluding carboxylic acids is 1. The number of hydrogen-bond donors (Lipinski definition) is 1. The first-order valence-corrected chi connectivity index (χ1v) is 12.9. The second-order valence-electron chi connectivity index (χ2n) is 7.86. The predicted molar refractivity (Wildman–Crippen MR) is 114 cm³/mol. The molecule has 0 radical (unpaired) electrons. The van der Waals surface area contributed by atoms with Crippen molar-refractivity contribution in [2.45, 2.75) is 55.8 Å². The normalized spacial score (nSPS) is 22.0. The highest BCUT2D eigenvalue weighted by atomic mass is 32.2. The van der Waals surface area contributed by atoms with Crippen molar-refractivity contribution in [2.24, 2.45) is 0 Å². The minimum absolute atomic E-state index is 0.0158. The highest BCUT2D eigenvalue weighted by Crippen LogP contribution is 2.30. The van der Waals surface area contributed by atoms with Crippen LogP contribution in [0.3, 0.4) is 0 Å². The Kier molecular flexibility index (Phi) is 6.06. The molecule has 2 heterocycles. The van der Waals surface area contributed by atoms with E-state index < -0.39 is 9.84 Å². The maximum atomic E-state index is 13.2. The lowest BCUT2D eigenvalue weighted by Crippen LogP contribution is -2.49. The molecule has 2 fully saturated rings. The average Bonchev–Trinajstić information content (AvgIpc) is 3.29. The van der Waals surface area contributed by atoms with E-state index >= 15 is 0 Å². The highest BCUT2D eigenvalue weighted by molar-refractivity contribution is 7.99. The molecule has 1 aromatic heterocycles. The van der Waals surface area contributed by atoms with Gasteiger partial charge < -0.3 is 14.6 Å². The summed E-state index contributed by atoms with van der Waals surface area (Å²) in [5.74, 6) is 1.31. The number of methoxy groups -OCH3 is 1. The summed E-state index contributed by atoms with van der Waals surface area (Å²) in [5.41, 5.74) is 1.69. The summed E-state index contributed by atoms with van der Waals surface area (Å²) >= 11 is 1.37. The smallest absolute Gasteiger partial charge is 0.233 e. The number of amides is 1. The number of imidazole rings is 1. The monoisotopic (exact) mass is 437 g/mol. The largest absolute Gasteiger partial charge is 0.497 e. The van der Waals surface area contributed by atoms with Crippen molar-refractivity contribution < 1.29 is 17.9 Å². The molecule has 0 unspecified atom stereocenters. The van der Waals surface area contributed by atoms with Gasteiger partial charge in [0.2, 0.25) is 5.91 Å². The number of nitrogens with zero attached hydrogens (tertiary/aromatic N) is 2. The Morgan fingerprint density at radius 1 is 1.24 bits per heavy atom. The Bertz CT molecular complexity index is 983. The van der Waals surface area contributed by atoms with Gasteiger partial charge in [0.25, 0.3) is 0 Å². The van der Waals surface area contributed by atoms with E-state index in [1.165, 1.54) is 18.2 Å². The molecule has 158 valence electrons. The first-order valence-electron chi connectivity index (χ1n) is 10.1. The second-order valence-corrected chi connectivity index (χ2v) is 11.1. The van der Waals surface area contributed by atoms with Crippen LogP contribution in [0.2, 0.25) is 0 Å². The quantitative estimate of drug-likeness (QED) is 0.699. The van der Waals surface area contributed by atoms with Gasteiger partial charge in [-0.3, -0.25) is 4.79 Å². The molecule has 1 saturated heterocycles. The van der Waals surface area contributed by atoms with Crippen molar-refractivity contribution in [3.8, 4) is 5.75 Å². The number of fused-ring (bicyclic) bond motifs is 1. The number of aromatic nitrogens is 2. The van der Waals surface area contributed by atoms with Crippen molar-refractivity contribution in [1.82, 2.24) is 14.9 Å². The number of H-pyrrole nitrogens is 1. The molecular formula is C20H27N3O4S2. The van der Waals surface area contributed by atoms with Crippen LogP contribution in [0.5, 0.6) is 5.75 Å². The number of benzene rings is 1. The van der Waals surface area contributed by atoms with Gasteiger partial charge in [-0.1, -0.05) is 31.0 Å². The van der Waals surface area contributed by atoms with Crippen molar-refractivity contribution in [3.05, 3.63) is 18.2 Å². The molecule has 1 atom stereocenters. The molecule has 7 nitrogen and oxygen atoms in total. The molecule has 4 rings (SSSR count). The summed E-state index contributed by atoms with van der Waals surface area (Å²) in [6.45, 7) is 0. The van der Waals surface area contributed by atoms with Crippen molar-refractivity contribution in [2.75, 3.05) is 24.4 Å². The van der Waals surface area contributed by atoms with Gasteiger partial charge in [0.05, 0.1) is 35.4 Å². The maximum Gasteiger partial charge on any atom is 0.233 e. The topological polar surface area (TPSA) is 92.4 Å². The molecule has 0 bridgehead atoms. The minimum atomic E-state index is -3.03. The van der Waals surface area contributed by atoms with Gasteiger partial charge in [0.1, 0.15) is 5.75 Å². The third-order valence-electron chi connectivity index (χ3n) is 5.86. The summed E-state index contributed by atoms with van der Waals surface area (Å²) in [7, 11) is -1.41. The van der Waals surface area contributed by atoms with Gasteiger partial charge >= 0.3 is 0 Å². The van der Waals surface area contributed by atoms with E-state index in [1.807, 2.05) is 23.1 Å².